The molecule has 0 aliphatic carbocycles. The van der Waals surface area contributed by atoms with Crippen molar-refractivity contribution in [3.8, 4) is 0 Å². The van der Waals surface area contributed by atoms with Crippen molar-refractivity contribution in [2.45, 2.75) is 12.5 Å². The van der Waals surface area contributed by atoms with Gasteiger partial charge in [-0.25, -0.2) is 0 Å². The first-order valence-corrected chi connectivity index (χ1v) is 8.12. The fraction of sp³-hybridized carbons (Fsp3) is 0.273. The zero-order valence-electron chi connectivity index (χ0n) is 8.67. The highest BCUT2D eigenvalue weighted by Crippen LogP contribution is 2.30. The maximum absolute atomic E-state index is 3.50. The smallest absolute Gasteiger partial charge is 0.0701 e. The van der Waals surface area contributed by atoms with Crippen LogP contribution in [0.5, 0.6) is 0 Å². The number of rotatable bonds is 4. The summed E-state index contributed by atoms with van der Waals surface area (Å²) in [5.74, 6) is 0. The molecule has 0 fully saturated rings. The predicted octanol–water partition coefficient (Wildman–Crippen LogP) is 4.84. The fourth-order valence-corrected chi connectivity index (χ4v) is 4.60. The third kappa shape index (κ3) is 3.17. The van der Waals surface area contributed by atoms with Crippen molar-refractivity contribution in [3.63, 3.8) is 0 Å². The van der Waals surface area contributed by atoms with E-state index in [2.05, 4.69) is 60.8 Å². The summed E-state index contributed by atoms with van der Waals surface area (Å²) in [7, 11) is 2.01. The summed E-state index contributed by atoms with van der Waals surface area (Å²) in [6.45, 7) is 0. The number of hydrogen-bond donors (Lipinski definition) is 1. The van der Waals surface area contributed by atoms with Crippen LogP contribution in [0.15, 0.2) is 31.8 Å². The molecule has 0 aliphatic heterocycles. The lowest BCUT2D eigenvalue weighted by Gasteiger charge is -2.12. The van der Waals surface area contributed by atoms with Gasteiger partial charge in [-0.15, -0.1) is 22.7 Å². The molecule has 1 unspecified atom stereocenters. The summed E-state index contributed by atoms with van der Waals surface area (Å²) in [6.07, 6.45) is 1.04. The van der Waals surface area contributed by atoms with Gasteiger partial charge in [0.1, 0.15) is 0 Å². The van der Waals surface area contributed by atoms with Crippen LogP contribution in [-0.4, -0.2) is 7.05 Å². The minimum atomic E-state index is 0.404. The monoisotopic (exact) mass is 379 g/mol. The van der Waals surface area contributed by atoms with Gasteiger partial charge in [-0.1, -0.05) is 0 Å². The highest BCUT2D eigenvalue weighted by atomic mass is 79.9. The molecule has 2 aromatic heterocycles. The van der Waals surface area contributed by atoms with Gasteiger partial charge in [0.25, 0.3) is 0 Å². The van der Waals surface area contributed by atoms with Gasteiger partial charge in [-0.2, -0.15) is 0 Å². The molecule has 0 saturated carbocycles. The number of halogens is 2. The third-order valence-corrected chi connectivity index (χ3v) is 5.77. The van der Waals surface area contributed by atoms with Gasteiger partial charge in [0.15, 0.2) is 0 Å². The molecule has 0 aromatic carbocycles. The van der Waals surface area contributed by atoms with E-state index in [9.17, 15) is 0 Å². The molecule has 2 rings (SSSR count). The van der Waals surface area contributed by atoms with Gasteiger partial charge < -0.3 is 5.32 Å². The first kappa shape index (κ1) is 12.8. The normalized spacial score (nSPS) is 12.9. The maximum atomic E-state index is 3.50. The average molecular weight is 381 g/mol. The fourth-order valence-electron chi connectivity index (χ4n) is 1.52. The van der Waals surface area contributed by atoms with Gasteiger partial charge in [0, 0.05) is 32.1 Å². The highest BCUT2D eigenvalue weighted by molar-refractivity contribution is 9.11. The Hall–Kier alpha value is 0.320. The van der Waals surface area contributed by atoms with Crippen LogP contribution < -0.4 is 5.32 Å². The van der Waals surface area contributed by atoms with Crippen molar-refractivity contribution >= 4 is 54.5 Å². The zero-order chi connectivity index (χ0) is 11.5. The summed E-state index contributed by atoms with van der Waals surface area (Å²) in [6, 6.07) is 6.88. The lowest BCUT2D eigenvalue weighted by Crippen LogP contribution is -2.17. The summed E-state index contributed by atoms with van der Waals surface area (Å²) in [5, 5.41) is 5.50. The molecule has 2 heterocycles. The van der Waals surface area contributed by atoms with E-state index in [1.807, 2.05) is 7.05 Å². The topological polar surface area (TPSA) is 12.0 Å². The summed E-state index contributed by atoms with van der Waals surface area (Å²) < 4.78 is 2.37. The number of nitrogens with one attached hydrogen (secondary N) is 1. The standard InChI is InChI=1S/C11H11Br2NS2/c1-14-9(10-4-7(12)6-15-10)5-8-2-3-11(13)16-8/h2-4,6,9,14H,5H2,1H3. The van der Waals surface area contributed by atoms with E-state index in [1.165, 1.54) is 18.0 Å². The molecular weight excluding hydrogens is 370 g/mol. The largest absolute Gasteiger partial charge is 0.312 e. The maximum Gasteiger partial charge on any atom is 0.0701 e. The van der Waals surface area contributed by atoms with Crippen LogP contribution in [0, 0.1) is 0 Å². The Bertz CT molecular complexity index is 464. The van der Waals surface area contributed by atoms with Crippen LogP contribution in [0.25, 0.3) is 0 Å². The Morgan fingerprint density at radius 2 is 2.19 bits per heavy atom. The third-order valence-electron chi connectivity index (χ3n) is 2.31. The number of thiophene rings is 2. The summed E-state index contributed by atoms with van der Waals surface area (Å²) in [4.78, 5) is 2.77. The first-order valence-electron chi connectivity index (χ1n) is 4.84. The Morgan fingerprint density at radius 3 is 2.69 bits per heavy atom. The minimum absolute atomic E-state index is 0.404. The molecule has 0 spiro atoms. The van der Waals surface area contributed by atoms with Crippen LogP contribution in [0.2, 0.25) is 0 Å². The second kappa shape index (κ2) is 5.78. The molecule has 16 heavy (non-hydrogen) atoms. The predicted molar refractivity (Wildman–Crippen MR) is 79.5 cm³/mol. The molecule has 1 nitrogen and oxygen atoms in total. The molecule has 0 bridgehead atoms. The van der Waals surface area contributed by atoms with Crippen LogP contribution in [-0.2, 0) is 6.42 Å². The highest BCUT2D eigenvalue weighted by Gasteiger charge is 2.13. The van der Waals surface area contributed by atoms with Crippen LogP contribution in [0.4, 0.5) is 0 Å². The van der Waals surface area contributed by atoms with Crippen molar-refractivity contribution in [2.24, 2.45) is 0 Å². The number of hydrogen-bond acceptors (Lipinski definition) is 3. The summed E-state index contributed by atoms with van der Waals surface area (Å²) >= 11 is 10.6. The second-order valence-electron chi connectivity index (χ2n) is 3.42. The Balaban J connectivity index is 2.12. The van der Waals surface area contributed by atoms with E-state index >= 15 is 0 Å². The molecule has 5 heteroatoms. The quantitative estimate of drug-likeness (QED) is 0.800. The van der Waals surface area contributed by atoms with Crippen LogP contribution >= 0.6 is 54.5 Å². The van der Waals surface area contributed by atoms with Crippen LogP contribution in [0.3, 0.4) is 0 Å². The van der Waals surface area contributed by atoms with E-state index in [1.54, 1.807) is 22.7 Å². The molecule has 0 amide bonds. The van der Waals surface area contributed by atoms with Crippen molar-refractivity contribution in [2.75, 3.05) is 7.05 Å². The summed E-state index contributed by atoms with van der Waals surface area (Å²) in [5.41, 5.74) is 0. The number of likely N-dealkylation sites (N-methyl/N-ethyl adjacent to an activating group) is 1. The SMILES string of the molecule is CNC(Cc1ccc(Br)s1)c1cc(Br)cs1. The Morgan fingerprint density at radius 1 is 1.38 bits per heavy atom. The van der Waals surface area contributed by atoms with Crippen LogP contribution in [0.1, 0.15) is 15.8 Å². The molecular formula is C11H11Br2NS2. The van der Waals surface area contributed by atoms with E-state index in [4.69, 9.17) is 0 Å². The molecule has 1 N–H and O–H groups in total. The van der Waals surface area contributed by atoms with E-state index in [-0.39, 0.29) is 0 Å². The minimum Gasteiger partial charge on any atom is -0.312 e. The molecule has 86 valence electrons. The van der Waals surface area contributed by atoms with E-state index in [0.29, 0.717) is 6.04 Å². The van der Waals surface area contributed by atoms with E-state index < -0.39 is 0 Å². The van der Waals surface area contributed by atoms with Gasteiger partial charge in [-0.05, 0) is 57.1 Å². The van der Waals surface area contributed by atoms with Gasteiger partial charge in [0.2, 0.25) is 0 Å². The van der Waals surface area contributed by atoms with E-state index in [0.717, 1.165) is 6.42 Å². The molecule has 0 saturated heterocycles. The van der Waals surface area contributed by atoms with Gasteiger partial charge >= 0.3 is 0 Å². The van der Waals surface area contributed by atoms with Gasteiger partial charge in [0.05, 0.1) is 3.79 Å². The first-order chi connectivity index (χ1) is 7.69. The zero-order valence-corrected chi connectivity index (χ0v) is 13.5. The van der Waals surface area contributed by atoms with Crippen molar-refractivity contribution in [1.82, 2.24) is 5.32 Å². The van der Waals surface area contributed by atoms with Crippen molar-refractivity contribution in [1.29, 1.82) is 0 Å². The lowest BCUT2D eigenvalue weighted by molar-refractivity contribution is 0.607. The lowest BCUT2D eigenvalue weighted by atomic mass is 10.1. The molecule has 1 atom stereocenters. The van der Waals surface area contributed by atoms with Gasteiger partial charge in [-0.3, -0.25) is 0 Å². The Kier molecular flexibility index (Phi) is 4.61. The molecule has 0 radical (unpaired) electrons. The van der Waals surface area contributed by atoms with Crippen molar-refractivity contribution in [3.05, 3.63) is 41.6 Å². The van der Waals surface area contributed by atoms with Crippen molar-refractivity contribution < 1.29 is 0 Å². The second-order valence-corrected chi connectivity index (χ2v) is 7.82. The molecule has 0 aliphatic rings. The molecule has 2 aromatic rings. The average Bonchev–Trinajstić information content (AvgIpc) is 2.84. The Labute approximate surface area is 120 Å².